The topological polar surface area (TPSA) is 51.2 Å². The van der Waals surface area contributed by atoms with Crippen LogP contribution in [0, 0.1) is 13.8 Å². The van der Waals surface area contributed by atoms with Crippen LogP contribution in [0.5, 0.6) is 5.75 Å². The minimum atomic E-state index is -0.0634. The van der Waals surface area contributed by atoms with Crippen LogP contribution in [-0.4, -0.2) is 24.5 Å². The van der Waals surface area contributed by atoms with Gasteiger partial charge in [0.2, 0.25) is 0 Å². The first-order valence-electron chi connectivity index (χ1n) is 6.45. The molecule has 0 fully saturated rings. The van der Waals surface area contributed by atoms with E-state index in [2.05, 4.69) is 10.3 Å². The van der Waals surface area contributed by atoms with E-state index in [4.69, 9.17) is 4.74 Å². The number of nitrogens with zero attached hydrogens (tertiary/aromatic N) is 1. The molecule has 1 aromatic carbocycles. The number of rotatable bonds is 5. The summed E-state index contributed by atoms with van der Waals surface area (Å²) in [7, 11) is 1.61. The fourth-order valence-electron chi connectivity index (χ4n) is 1.94. The smallest absolute Gasteiger partial charge is 0.251 e. The third kappa shape index (κ3) is 3.57. The van der Waals surface area contributed by atoms with Crippen molar-refractivity contribution in [2.75, 3.05) is 13.7 Å². The average Bonchev–Trinajstić information content (AvgIpc) is 2.77. The first kappa shape index (κ1) is 14.5. The van der Waals surface area contributed by atoms with Gasteiger partial charge in [-0.1, -0.05) is 0 Å². The van der Waals surface area contributed by atoms with Crippen molar-refractivity contribution in [2.45, 2.75) is 20.3 Å². The van der Waals surface area contributed by atoms with Crippen LogP contribution in [-0.2, 0) is 6.42 Å². The van der Waals surface area contributed by atoms with Crippen LogP contribution in [0.4, 0.5) is 0 Å². The second kappa shape index (κ2) is 6.52. The lowest BCUT2D eigenvalue weighted by Gasteiger charge is -2.05. The summed E-state index contributed by atoms with van der Waals surface area (Å²) in [6, 6.07) is 7.09. The highest BCUT2D eigenvalue weighted by Crippen LogP contribution is 2.17. The molecule has 5 heteroatoms. The maximum Gasteiger partial charge on any atom is 0.251 e. The molecule has 4 nitrogen and oxygen atoms in total. The third-order valence-corrected chi connectivity index (χ3v) is 4.12. The highest BCUT2D eigenvalue weighted by Gasteiger charge is 2.07. The first-order chi connectivity index (χ1) is 9.60. The zero-order chi connectivity index (χ0) is 14.5. The van der Waals surface area contributed by atoms with Crippen molar-refractivity contribution in [3.63, 3.8) is 0 Å². The van der Waals surface area contributed by atoms with Crippen LogP contribution in [0.25, 0.3) is 0 Å². The molecule has 0 aliphatic rings. The summed E-state index contributed by atoms with van der Waals surface area (Å²) in [5.74, 6) is 0.684. The van der Waals surface area contributed by atoms with Gasteiger partial charge in [0.05, 0.1) is 17.8 Å². The Morgan fingerprint density at radius 3 is 2.55 bits per heavy atom. The van der Waals surface area contributed by atoms with Gasteiger partial charge in [0, 0.05) is 23.4 Å². The van der Waals surface area contributed by atoms with Gasteiger partial charge in [-0.2, -0.15) is 0 Å². The number of benzene rings is 1. The summed E-state index contributed by atoms with van der Waals surface area (Å²) >= 11 is 1.69. The Hall–Kier alpha value is -1.88. The fraction of sp³-hybridized carbons (Fsp3) is 0.333. The number of aromatic nitrogens is 1. The molecule has 0 saturated heterocycles. The van der Waals surface area contributed by atoms with Crippen molar-refractivity contribution in [1.29, 1.82) is 0 Å². The highest BCUT2D eigenvalue weighted by molar-refractivity contribution is 7.11. The minimum Gasteiger partial charge on any atom is -0.497 e. The maximum atomic E-state index is 12.0. The quantitative estimate of drug-likeness (QED) is 0.921. The fourth-order valence-corrected chi connectivity index (χ4v) is 2.88. The third-order valence-electron chi connectivity index (χ3n) is 2.99. The number of carbonyl (C=O) groups excluding carboxylic acids is 1. The van der Waals surface area contributed by atoms with Crippen LogP contribution in [0.15, 0.2) is 24.3 Å². The van der Waals surface area contributed by atoms with E-state index < -0.39 is 0 Å². The van der Waals surface area contributed by atoms with Crippen molar-refractivity contribution in [1.82, 2.24) is 10.3 Å². The van der Waals surface area contributed by atoms with Gasteiger partial charge in [-0.25, -0.2) is 4.98 Å². The number of methoxy groups -OCH3 is 1. The number of aryl methyl sites for hydroxylation is 2. The summed E-state index contributed by atoms with van der Waals surface area (Å²) in [5.41, 5.74) is 1.70. The lowest BCUT2D eigenvalue weighted by molar-refractivity contribution is 0.0954. The largest absolute Gasteiger partial charge is 0.497 e. The molecule has 1 N–H and O–H groups in total. The number of carbonyl (C=O) groups is 1. The first-order valence-corrected chi connectivity index (χ1v) is 7.27. The molecule has 2 aromatic rings. The molecule has 0 aliphatic heterocycles. The van der Waals surface area contributed by atoms with E-state index in [1.54, 1.807) is 42.7 Å². The maximum absolute atomic E-state index is 12.0. The Morgan fingerprint density at radius 1 is 1.30 bits per heavy atom. The van der Waals surface area contributed by atoms with E-state index in [0.717, 1.165) is 22.9 Å². The minimum absolute atomic E-state index is 0.0634. The summed E-state index contributed by atoms with van der Waals surface area (Å²) in [4.78, 5) is 17.6. The van der Waals surface area contributed by atoms with Crippen molar-refractivity contribution in [2.24, 2.45) is 0 Å². The number of nitrogens with one attached hydrogen (secondary N) is 1. The Morgan fingerprint density at radius 2 is 2.00 bits per heavy atom. The average molecular weight is 290 g/mol. The molecule has 0 aliphatic carbocycles. The van der Waals surface area contributed by atoms with Crippen molar-refractivity contribution >= 4 is 17.2 Å². The zero-order valence-electron chi connectivity index (χ0n) is 11.9. The van der Waals surface area contributed by atoms with Gasteiger partial charge >= 0.3 is 0 Å². The number of hydrogen-bond acceptors (Lipinski definition) is 4. The van der Waals surface area contributed by atoms with Gasteiger partial charge in [0.25, 0.3) is 5.91 Å². The molecule has 0 saturated carbocycles. The summed E-state index contributed by atoms with van der Waals surface area (Å²) < 4.78 is 5.07. The second-order valence-electron chi connectivity index (χ2n) is 4.48. The molecule has 20 heavy (non-hydrogen) atoms. The molecule has 0 unspecified atom stereocenters. The highest BCUT2D eigenvalue weighted by atomic mass is 32.1. The Bertz CT molecular complexity index is 590. The van der Waals surface area contributed by atoms with E-state index in [1.807, 2.05) is 13.8 Å². The van der Waals surface area contributed by atoms with E-state index in [9.17, 15) is 4.79 Å². The molecular formula is C15H18N2O2S. The molecule has 0 bridgehead atoms. The predicted octanol–water partition coefficient (Wildman–Crippen LogP) is 2.74. The van der Waals surface area contributed by atoms with Gasteiger partial charge in [0.1, 0.15) is 5.75 Å². The van der Waals surface area contributed by atoms with Gasteiger partial charge in [-0.05, 0) is 38.1 Å². The number of amides is 1. The van der Waals surface area contributed by atoms with Crippen molar-refractivity contribution < 1.29 is 9.53 Å². The lowest BCUT2D eigenvalue weighted by Crippen LogP contribution is -2.25. The Kier molecular flexibility index (Phi) is 4.74. The standard InChI is InChI=1S/C15H18N2O2S/c1-10-14(20-11(2)17-10)8-9-16-15(18)12-4-6-13(19-3)7-5-12/h4-7H,8-9H2,1-3H3,(H,16,18). The molecule has 0 spiro atoms. The van der Waals surface area contributed by atoms with Crippen LogP contribution < -0.4 is 10.1 Å². The molecule has 0 atom stereocenters. The van der Waals surface area contributed by atoms with Gasteiger partial charge in [0.15, 0.2) is 0 Å². The Labute approximate surface area is 122 Å². The van der Waals surface area contributed by atoms with Gasteiger partial charge < -0.3 is 10.1 Å². The monoisotopic (exact) mass is 290 g/mol. The molecule has 106 valence electrons. The molecule has 2 rings (SSSR count). The number of hydrogen-bond donors (Lipinski definition) is 1. The van der Waals surface area contributed by atoms with E-state index in [-0.39, 0.29) is 5.91 Å². The van der Waals surface area contributed by atoms with Crippen LogP contribution >= 0.6 is 11.3 Å². The van der Waals surface area contributed by atoms with E-state index in [1.165, 1.54) is 4.88 Å². The van der Waals surface area contributed by atoms with Gasteiger partial charge in [-0.15, -0.1) is 11.3 Å². The van der Waals surface area contributed by atoms with Gasteiger partial charge in [-0.3, -0.25) is 4.79 Å². The van der Waals surface area contributed by atoms with Crippen molar-refractivity contribution in [3.8, 4) is 5.75 Å². The van der Waals surface area contributed by atoms with Crippen molar-refractivity contribution in [3.05, 3.63) is 45.4 Å². The number of thiazole rings is 1. The molecule has 1 aromatic heterocycles. The summed E-state index contributed by atoms with van der Waals surface area (Å²) in [6.45, 7) is 4.62. The number of ether oxygens (including phenoxy) is 1. The second-order valence-corrected chi connectivity index (χ2v) is 5.76. The summed E-state index contributed by atoms with van der Waals surface area (Å²) in [5, 5.41) is 3.99. The Balaban J connectivity index is 1.87. The van der Waals surface area contributed by atoms with Crippen LogP contribution in [0.1, 0.15) is 25.9 Å². The molecular weight excluding hydrogens is 272 g/mol. The SMILES string of the molecule is COc1ccc(C(=O)NCCc2sc(C)nc2C)cc1. The zero-order valence-corrected chi connectivity index (χ0v) is 12.7. The predicted molar refractivity (Wildman–Crippen MR) is 80.6 cm³/mol. The molecule has 1 heterocycles. The molecule has 0 radical (unpaired) electrons. The van der Waals surface area contributed by atoms with E-state index in [0.29, 0.717) is 12.1 Å². The summed E-state index contributed by atoms with van der Waals surface area (Å²) in [6.07, 6.45) is 0.819. The van der Waals surface area contributed by atoms with Crippen LogP contribution in [0.2, 0.25) is 0 Å². The van der Waals surface area contributed by atoms with E-state index >= 15 is 0 Å². The molecule has 1 amide bonds. The lowest BCUT2D eigenvalue weighted by atomic mass is 10.2. The van der Waals surface area contributed by atoms with Crippen LogP contribution in [0.3, 0.4) is 0 Å². The normalized spacial score (nSPS) is 10.3.